The third-order valence-corrected chi connectivity index (χ3v) is 5.98. The van der Waals surface area contributed by atoms with E-state index >= 15 is 0 Å². The van der Waals surface area contributed by atoms with Crippen molar-refractivity contribution < 1.29 is 5.11 Å². The molecule has 0 saturated carbocycles. The predicted octanol–water partition coefficient (Wildman–Crippen LogP) is 4.52. The van der Waals surface area contributed by atoms with Crippen molar-refractivity contribution >= 4 is 11.4 Å². The van der Waals surface area contributed by atoms with E-state index < -0.39 is 6.23 Å². The molecular weight excluding hydrogens is 370 g/mol. The molecule has 30 heavy (non-hydrogen) atoms. The highest BCUT2D eigenvalue weighted by Gasteiger charge is 2.23. The molecule has 1 aliphatic heterocycles. The van der Waals surface area contributed by atoms with Gasteiger partial charge in [-0.3, -0.25) is 0 Å². The van der Waals surface area contributed by atoms with Gasteiger partial charge in [0.15, 0.2) is 6.23 Å². The van der Waals surface area contributed by atoms with E-state index in [0.29, 0.717) is 6.04 Å². The first-order valence-electron chi connectivity index (χ1n) is 10.7. The highest BCUT2D eigenvalue weighted by Crippen LogP contribution is 2.25. The van der Waals surface area contributed by atoms with Gasteiger partial charge in [-0.1, -0.05) is 54.6 Å². The zero-order valence-electron chi connectivity index (χ0n) is 17.8. The molecule has 0 spiro atoms. The molecule has 1 heterocycles. The van der Waals surface area contributed by atoms with Gasteiger partial charge >= 0.3 is 0 Å². The number of hydrogen-bond donors (Lipinski definition) is 2. The van der Waals surface area contributed by atoms with E-state index in [4.69, 9.17) is 0 Å². The van der Waals surface area contributed by atoms with Crippen molar-refractivity contribution in [3.63, 3.8) is 0 Å². The number of aliphatic hydroxyl groups is 1. The molecule has 0 radical (unpaired) electrons. The minimum absolute atomic E-state index is 0.620. The van der Waals surface area contributed by atoms with Crippen LogP contribution in [0.4, 0.5) is 11.4 Å². The van der Waals surface area contributed by atoms with E-state index in [9.17, 15) is 5.11 Å². The number of benzene rings is 3. The fourth-order valence-electron chi connectivity index (χ4n) is 4.06. The third-order valence-electron chi connectivity index (χ3n) is 5.98. The Kier molecular flexibility index (Phi) is 6.36. The molecule has 0 aromatic heterocycles. The largest absolute Gasteiger partial charge is 0.370 e. The Morgan fingerprint density at radius 2 is 1.60 bits per heavy atom. The molecule has 0 bridgehead atoms. The van der Waals surface area contributed by atoms with Crippen LogP contribution < -0.4 is 10.2 Å². The number of hydrogen-bond acceptors (Lipinski definition) is 4. The molecule has 2 N–H and O–H groups in total. The minimum atomic E-state index is -0.730. The van der Waals surface area contributed by atoms with Crippen molar-refractivity contribution in [1.29, 1.82) is 0 Å². The Morgan fingerprint density at radius 1 is 0.933 bits per heavy atom. The van der Waals surface area contributed by atoms with Crippen LogP contribution in [0.25, 0.3) is 0 Å². The average molecular weight is 402 g/mol. The van der Waals surface area contributed by atoms with Gasteiger partial charge < -0.3 is 20.2 Å². The molecule has 0 amide bonds. The molecule has 156 valence electrons. The number of likely N-dealkylation sites (N-methyl/N-ethyl adjacent to an activating group) is 1. The van der Waals surface area contributed by atoms with E-state index in [0.717, 1.165) is 30.8 Å². The van der Waals surface area contributed by atoms with Crippen molar-refractivity contribution in [2.45, 2.75) is 25.1 Å². The van der Waals surface area contributed by atoms with Crippen LogP contribution in [0.3, 0.4) is 0 Å². The summed E-state index contributed by atoms with van der Waals surface area (Å²) in [5.74, 6) is 0. The predicted molar refractivity (Wildman–Crippen MR) is 125 cm³/mol. The van der Waals surface area contributed by atoms with Gasteiger partial charge in [-0.05, 0) is 62.3 Å². The normalized spacial score (nSPS) is 17.3. The summed E-state index contributed by atoms with van der Waals surface area (Å²) in [4.78, 5) is 4.73. The van der Waals surface area contributed by atoms with Crippen LogP contribution in [0, 0.1) is 0 Å². The molecule has 1 fully saturated rings. The maximum Gasteiger partial charge on any atom is 0.150 e. The standard InChI is InChI=1S/C26H31N3O/c1-28(2)25-16-17-29(19-25)24-14-12-23(13-15-24)27-26(30)22-10-8-21(9-11-22)18-20-6-4-3-5-7-20/h3-15,25-27,30H,16-19H2,1-2H3. The lowest BCUT2D eigenvalue weighted by atomic mass is 10.0. The van der Waals surface area contributed by atoms with Crippen molar-refractivity contribution in [2.24, 2.45) is 0 Å². The van der Waals surface area contributed by atoms with Gasteiger partial charge in [-0.25, -0.2) is 0 Å². The van der Waals surface area contributed by atoms with E-state index in [1.165, 1.54) is 23.2 Å². The van der Waals surface area contributed by atoms with Gasteiger partial charge in [-0.15, -0.1) is 0 Å². The summed E-state index contributed by atoms with van der Waals surface area (Å²) in [6.07, 6.45) is 1.37. The lowest BCUT2D eigenvalue weighted by Gasteiger charge is -2.22. The molecule has 4 heteroatoms. The summed E-state index contributed by atoms with van der Waals surface area (Å²) < 4.78 is 0. The molecule has 3 aromatic carbocycles. The first-order chi connectivity index (χ1) is 14.6. The van der Waals surface area contributed by atoms with E-state index in [1.54, 1.807) is 0 Å². The summed E-state index contributed by atoms with van der Waals surface area (Å²) in [5.41, 5.74) is 5.55. The molecule has 3 aromatic rings. The molecule has 4 nitrogen and oxygen atoms in total. The zero-order valence-corrected chi connectivity index (χ0v) is 17.8. The van der Waals surface area contributed by atoms with Crippen LogP contribution in [-0.2, 0) is 6.42 Å². The molecule has 1 aliphatic rings. The summed E-state index contributed by atoms with van der Waals surface area (Å²) in [6, 6.07) is 27.6. The average Bonchev–Trinajstić information content (AvgIpc) is 3.26. The monoisotopic (exact) mass is 401 g/mol. The van der Waals surface area contributed by atoms with Crippen LogP contribution in [0.2, 0.25) is 0 Å². The number of aliphatic hydroxyl groups excluding tert-OH is 1. The van der Waals surface area contributed by atoms with E-state index in [2.05, 4.69) is 77.7 Å². The molecule has 2 unspecified atom stereocenters. The van der Waals surface area contributed by atoms with Crippen molar-refractivity contribution in [3.05, 3.63) is 95.6 Å². The second-order valence-electron chi connectivity index (χ2n) is 8.35. The Labute approximate surface area is 179 Å². The van der Waals surface area contributed by atoms with Gasteiger partial charge in [0.25, 0.3) is 0 Å². The Bertz CT molecular complexity index is 923. The SMILES string of the molecule is CN(C)C1CCN(c2ccc(NC(O)c3ccc(Cc4ccccc4)cc3)cc2)C1. The maximum absolute atomic E-state index is 10.6. The van der Waals surface area contributed by atoms with Crippen LogP contribution in [0.15, 0.2) is 78.9 Å². The van der Waals surface area contributed by atoms with Gasteiger partial charge in [0.2, 0.25) is 0 Å². The van der Waals surface area contributed by atoms with Crippen LogP contribution in [0.5, 0.6) is 0 Å². The molecule has 0 aliphatic carbocycles. The summed E-state index contributed by atoms with van der Waals surface area (Å²) in [7, 11) is 4.30. The highest BCUT2D eigenvalue weighted by molar-refractivity contribution is 5.56. The Hall–Kier alpha value is -2.82. The first kappa shape index (κ1) is 20.5. The second kappa shape index (κ2) is 9.33. The van der Waals surface area contributed by atoms with Crippen LogP contribution in [0.1, 0.15) is 29.3 Å². The molecule has 2 atom stereocenters. The number of rotatable bonds is 7. The molecule has 4 rings (SSSR count). The first-order valence-corrected chi connectivity index (χ1v) is 10.7. The Balaban J connectivity index is 1.34. The Morgan fingerprint density at radius 3 is 2.23 bits per heavy atom. The summed E-state index contributed by atoms with van der Waals surface area (Å²) in [6.45, 7) is 2.16. The summed E-state index contributed by atoms with van der Waals surface area (Å²) in [5, 5.41) is 13.8. The lowest BCUT2D eigenvalue weighted by Crippen LogP contribution is -2.31. The minimum Gasteiger partial charge on any atom is -0.370 e. The van der Waals surface area contributed by atoms with E-state index in [-0.39, 0.29) is 0 Å². The maximum atomic E-state index is 10.6. The van der Waals surface area contributed by atoms with Gasteiger partial charge in [-0.2, -0.15) is 0 Å². The van der Waals surface area contributed by atoms with Crippen molar-refractivity contribution in [1.82, 2.24) is 4.90 Å². The second-order valence-corrected chi connectivity index (χ2v) is 8.35. The fraction of sp³-hybridized carbons (Fsp3) is 0.308. The smallest absolute Gasteiger partial charge is 0.150 e. The van der Waals surface area contributed by atoms with Gasteiger partial charge in [0, 0.05) is 36.1 Å². The van der Waals surface area contributed by atoms with Crippen LogP contribution in [-0.4, -0.2) is 43.2 Å². The van der Waals surface area contributed by atoms with Crippen LogP contribution >= 0.6 is 0 Å². The van der Waals surface area contributed by atoms with Gasteiger partial charge in [0.05, 0.1) is 0 Å². The zero-order chi connectivity index (χ0) is 20.9. The highest BCUT2D eigenvalue weighted by atomic mass is 16.3. The summed E-state index contributed by atoms with van der Waals surface area (Å²) >= 11 is 0. The third kappa shape index (κ3) is 5.02. The topological polar surface area (TPSA) is 38.7 Å². The van der Waals surface area contributed by atoms with E-state index in [1.807, 2.05) is 30.3 Å². The lowest BCUT2D eigenvalue weighted by molar-refractivity contribution is 0.208. The quantitative estimate of drug-likeness (QED) is 0.571. The molecular formula is C26H31N3O. The van der Waals surface area contributed by atoms with Crippen molar-refractivity contribution in [2.75, 3.05) is 37.4 Å². The van der Waals surface area contributed by atoms with Crippen molar-refractivity contribution in [3.8, 4) is 0 Å². The number of nitrogens with one attached hydrogen (secondary N) is 1. The molecule has 1 saturated heterocycles. The van der Waals surface area contributed by atoms with Gasteiger partial charge in [0.1, 0.15) is 0 Å². The number of nitrogens with zero attached hydrogens (tertiary/aromatic N) is 2. The number of anilines is 2. The fourth-order valence-corrected chi connectivity index (χ4v) is 4.06.